The van der Waals surface area contributed by atoms with Crippen LogP contribution in [-0.4, -0.2) is 57.9 Å². The first-order valence-electron chi connectivity index (χ1n) is 4.05. The average molecular weight is 177 g/mol. The minimum absolute atomic E-state index is 0.0441. The molecule has 0 aromatic carbocycles. The van der Waals surface area contributed by atoms with Gasteiger partial charge in [-0.2, -0.15) is 0 Å². The third-order valence-corrected chi connectivity index (χ3v) is 2.19. The van der Waals surface area contributed by atoms with Crippen LogP contribution in [-0.2, 0) is 0 Å². The van der Waals surface area contributed by atoms with E-state index in [0.29, 0.717) is 6.42 Å². The van der Waals surface area contributed by atoms with Crippen molar-refractivity contribution in [2.75, 3.05) is 13.2 Å². The second-order valence-electron chi connectivity index (χ2n) is 3.08. The molecular weight excluding hydrogens is 162 g/mol. The van der Waals surface area contributed by atoms with Crippen LogP contribution >= 0.6 is 0 Å². The second-order valence-corrected chi connectivity index (χ2v) is 3.08. The highest BCUT2D eigenvalue weighted by Gasteiger charge is 2.35. The van der Waals surface area contributed by atoms with Crippen molar-refractivity contribution >= 4 is 0 Å². The van der Waals surface area contributed by atoms with E-state index in [9.17, 15) is 10.2 Å². The Morgan fingerprint density at radius 3 is 2.42 bits per heavy atom. The van der Waals surface area contributed by atoms with Crippen molar-refractivity contribution in [2.24, 2.45) is 0 Å². The zero-order valence-electron chi connectivity index (χ0n) is 6.72. The van der Waals surface area contributed by atoms with E-state index in [4.69, 9.17) is 10.2 Å². The molecular formula is C7H15NO4. The fourth-order valence-corrected chi connectivity index (χ4v) is 1.39. The number of nitrogens with one attached hydrogen (secondary N) is 1. The predicted octanol–water partition coefficient (Wildman–Crippen LogP) is -2.58. The van der Waals surface area contributed by atoms with Crippen molar-refractivity contribution in [3.8, 4) is 0 Å². The summed E-state index contributed by atoms with van der Waals surface area (Å²) in [6.45, 7) is 0.209. The molecule has 5 nitrogen and oxygen atoms in total. The highest BCUT2D eigenvalue weighted by Crippen LogP contribution is 2.12. The number of β-amino-alcohol motifs (C(OH)–C–C–N with tert-alkyl or cyclic N) is 1. The van der Waals surface area contributed by atoms with Crippen LogP contribution in [0.2, 0.25) is 0 Å². The van der Waals surface area contributed by atoms with Gasteiger partial charge in [0.1, 0.15) is 6.10 Å². The largest absolute Gasteiger partial charge is 0.396 e. The molecule has 0 aromatic heterocycles. The summed E-state index contributed by atoms with van der Waals surface area (Å²) in [6.07, 6.45) is -2.65. The standard InChI is InChI=1S/C7H15NO4/c9-2-1-4-6(11)7(12)5(10)3-8-4/h4-12H,1-3H2/t4-,5+,6+,7-/m0/s1. The molecule has 4 atom stereocenters. The average Bonchev–Trinajstić information content (AvgIpc) is 2.07. The fraction of sp³-hybridized carbons (Fsp3) is 1.00. The Bertz CT molecular complexity index is 143. The quantitative estimate of drug-likeness (QED) is 0.319. The molecule has 1 aliphatic heterocycles. The fourth-order valence-electron chi connectivity index (χ4n) is 1.39. The molecule has 1 aliphatic rings. The molecule has 5 N–H and O–H groups in total. The molecule has 0 bridgehead atoms. The molecule has 5 heteroatoms. The molecule has 0 amide bonds. The van der Waals surface area contributed by atoms with E-state index in [1.807, 2.05) is 0 Å². The molecule has 1 rings (SSSR count). The van der Waals surface area contributed by atoms with Gasteiger partial charge in [-0.25, -0.2) is 0 Å². The van der Waals surface area contributed by atoms with Crippen LogP contribution in [0.3, 0.4) is 0 Å². The first-order valence-corrected chi connectivity index (χ1v) is 4.05. The number of hydrogen-bond donors (Lipinski definition) is 5. The summed E-state index contributed by atoms with van der Waals surface area (Å²) in [5.74, 6) is 0. The van der Waals surface area contributed by atoms with Crippen molar-refractivity contribution < 1.29 is 20.4 Å². The van der Waals surface area contributed by atoms with Gasteiger partial charge in [-0.1, -0.05) is 0 Å². The van der Waals surface area contributed by atoms with Crippen LogP contribution < -0.4 is 5.32 Å². The van der Waals surface area contributed by atoms with Gasteiger partial charge < -0.3 is 25.7 Å². The number of aliphatic hydroxyl groups is 4. The number of piperidine rings is 1. The Kier molecular flexibility index (Phi) is 3.42. The SMILES string of the molecule is OCC[C@@H]1NC[C@@H](O)[C@H](O)[C@@H]1O. The van der Waals surface area contributed by atoms with Crippen molar-refractivity contribution in [1.82, 2.24) is 5.32 Å². The number of aliphatic hydroxyl groups excluding tert-OH is 4. The van der Waals surface area contributed by atoms with Gasteiger partial charge in [-0.05, 0) is 6.42 Å². The van der Waals surface area contributed by atoms with E-state index < -0.39 is 18.3 Å². The molecule has 1 heterocycles. The molecule has 0 spiro atoms. The molecule has 0 saturated carbocycles. The third kappa shape index (κ3) is 1.94. The summed E-state index contributed by atoms with van der Waals surface area (Å²) in [4.78, 5) is 0. The van der Waals surface area contributed by atoms with Crippen LogP contribution in [0.5, 0.6) is 0 Å². The van der Waals surface area contributed by atoms with E-state index in [0.717, 1.165) is 0 Å². The smallest absolute Gasteiger partial charge is 0.108 e. The molecule has 72 valence electrons. The normalized spacial score (nSPS) is 43.0. The van der Waals surface area contributed by atoms with E-state index in [1.54, 1.807) is 0 Å². The Balaban J connectivity index is 2.46. The first-order chi connectivity index (χ1) is 5.66. The van der Waals surface area contributed by atoms with Crippen LogP contribution in [0.1, 0.15) is 6.42 Å². The summed E-state index contributed by atoms with van der Waals surface area (Å²) in [5, 5.41) is 39.1. The van der Waals surface area contributed by atoms with Crippen molar-refractivity contribution in [3.63, 3.8) is 0 Å². The van der Waals surface area contributed by atoms with Gasteiger partial charge in [0.25, 0.3) is 0 Å². The topological polar surface area (TPSA) is 93.0 Å². The van der Waals surface area contributed by atoms with Crippen LogP contribution in [0.25, 0.3) is 0 Å². The minimum Gasteiger partial charge on any atom is -0.396 e. The Morgan fingerprint density at radius 2 is 1.83 bits per heavy atom. The zero-order valence-corrected chi connectivity index (χ0v) is 6.72. The summed E-state index contributed by atoms with van der Waals surface area (Å²) < 4.78 is 0. The monoisotopic (exact) mass is 177 g/mol. The lowest BCUT2D eigenvalue weighted by Gasteiger charge is -2.35. The van der Waals surface area contributed by atoms with Gasteiger partial charge in [-0.15, -0.1) is 0 Å². The first kappa shape index (κ1) is 9.88. The Hall–Kier alpha value is -0.200. The van der Waals surface area contributed by atoms with E-state index in [2.05, 4.69) is 5.32 Å². The zero-order chi connectivity index (χ0) is 9.14. The molecule has 1 saturated heterocycles. The molecule has 0 unspecified atom stereocenters. The van der Waals surface area contributed by atoms with Crippen LogP contribution in [0.15, 0.2) is 0 Å². The molecule has 0 aromatic rings. The maximum atomic E-state index is 9.36. The van der Waals surface area contributed by atoms with Gasteiger partial charge in [0, 0.05) is 19.2 Å². The summed E-state index contributed by atoms with van der Waals surface area (Å²) in [7, 11) is 0. The maximum Gasteiger partial charge on any atom is 0.108 e. The van der Waals surface area contributed by atoms with Crippen molar-refractivity contribution in [2.45, 2.75) is 30.8 Å². The van der Waals surface area contributed by atoms with E-state index in [-0.39, 0.29) is 19.2 Å². The van der Waals surface area contributed by atoms with E-state index >= 15 is 0 Å². The van der Waals surface area contributed by atoms with Gasteiger partial charge in [0.2, 0.25) is 0 Å². The van der Waals surface area contributed by atoms with Crippen molar-refractivity contribution in [1.29, 1.82) is 0 Å². The lowest BCUT2D eigenvalue weighted by atomic mass is 9.94. The summed E-state index contributed by atoms with van der Waals surface area (Å²) >= 11 is 0. The lowest BCUT2D eigenvalue weighted by Crippen LogP contribution is -2.59. The molecule has 0 radical (unpaired) electrons. The predicted molar refractivity (Wildman–Crippen MR) is 41.5 cm³/mol. The summed E-state index contributed by atoms with van der Waals surface area (Å²) in [6, 6.07) is -0.326. The third-order valence-electron chi connectivity index (χ3n) is 2.19. The van der Waals surface area contributed by atoms with Gasteiger partial charge in [0.05, 0.1) is 12.2 Å². The van der Waals surface area contributed by atoms with Gasteiger partial charge in [0.15, 0.2) is 0 Å². The summed E-state index contributed by atoms with van der Waals surface area (Å²) in [5.41, 5.74) is 0. The van der Waals surface area contributed by atoms with Crippen molar-refractivity contribution in [3.05, 3.63) is 0 Å². The Morgan fingerprint density at radius 1 is 1.17 bits per heavy atom. The number of rotatable bonds is 2. The molecule has 0 aliphatic carbocycles. The van der Waals surface area contributed by atoms with Gasteiger partial charge >= 0.3 is 0 Å². The molecule has 12 heavy (non-hydrogen) atoms. The molecule has 1 fully saturated rings. The second kappa shape index (κ2) is 4.15. The highest BCUT2D eigenvalue weighted by atomic mass is 16.4. The maximum absolute atomic E-state index is 9.36. The highest BCUT2D eigenvalue weighted by molar-refractivity contribution is 4.91. The van der Waals surface area contributed by atoms with Crippen LogP contribution in [0.4, 0.5) is 0 Å². The number of hydrogen-bond acceptors (Lipinski definition) is 5. The van der Waals surface area contributed by atoms with Gasteiger partial charge in [-0.3, -0.25) is 0 Å². The minimum atomic E-state index is -1.11. The van der Waals surface area contributed by atoms with E-state index in [1.165, 1.54) is 0 Å². The lowest BCUT2D eigenvalue weighted by molar-refractivity contribution is -0.0965. The Labute approximate surface area is 70.6 Å². The van der Waals surface area contributed by atoms with Crippen LogP contribution in [0, 0.1) is 0 Å².